The van der Waals surface area contributed by atoms with Crippen LogP contribution in [0, 0.1) is 5.92 Å². The minimum Gasteiger partial charge on any atom is -0.386 e. The van der Waals surface area contributed by atoms with Crippen LogP contribution in [0.15, 0.2) is 35.3 Å². The van der Waals surface area contributed by atoms with E-state index in [9.17, 15) is 5.11 Å². The van der Waals surface area contributed by atoms with Crippen LogP contribution < -0.4 is 10.6 Å². The molecule has 5 nitrogen and oxygen atoms in total. The summed E-state index contributed by atoms with van der Waals surface area (Å²) >= 11 is 1.64. The number of hydrogen-bond donors (Lipinski definition) is 3. The second-order valence-corrected chi connectivity index (χ2v) is 7.84. The molecule has 1 saturated heterocycles. The molecular weight excluding hydrogens is 459 g/mol. The Balaban J connectivity index is 0.00000243. The van der Waals surface area contributed by atoms with Gasteiger partial charge in [-0.3, -0.25) is 4.99 Å². The summed E-state index contributed by atoms with van der Waals surface area (Å²) in [6.45, 7) is 6.47. The van der Waals surface area contributed by atoms with Gasteiger partial charge in [0, 0.05) is 29.2 Å². The zero-order valence-corrected chi connectivity index (χ0v) is 18.6. The van der Waals surface area contributed by atoms with Crippen molar-refractivity contribution in [3.63, 3.8) is 0 Å². The first-order valence-corrected chi connectivity index (χ1v) is 9.84. The molecule has 2 heterocycles. The number of guanidine groups is 1. The Morgan fingerprint density at radius 2 is 2.19 bits per heavy atom. The fourth-order valence-electron chi connectivity index (χ4n) is 3.21. The monoisotopic (exact) mass is 488 g/mol. The van der Waals surface area contributed by atoms with Gasteiger partial charge in [-0.05, 0) is 50.4 Å². The van der Waals surface area contributed by atoms with Crippen LogP contribution in [0.4, 0.5) is 0 Å². The number of thiophene rings is 1. The van der Waals surface area contributed by atoms with E-state index in [1.165, 1.54) is 23.1 Å². The number of hydrogen-bond acceptors (Lipinski definition) is 4. The van der Waals surface area contributed by atoms with Crippen molar-refractivity contribution < 1.29 is 5.11 Å². The maximum Gasteiger partial charge on any atom is 0.191 e. The smallest absolute Gasteiger partial charge is 0.191 e. The Morgan fingerprint density at radius 1 is 1.38 bits per heavy atom. The minimum absolute atomic E-state index is 0. The molecule has 3 N–H and O–H groups in total. The molecule has 0 radical (unpaired) electrons. The normalized spacial score (nSPS) is 19.3. The first-order chi connectivity index (χ1) is 12.2. The fourth-order valence-corrected chi connectivity index (χ4v) is 4.25. The third-order valence-corrected chi connectivity index (χ3v) is 5.80. The Morgan fingerprint density at radius 3 is 2.88 bits per heavy atom. The lowest BCUT2D eigenvalue weighted by Gasteiger charge is -2.16. The molecule has 1 aromatic carbocycles. The van der Waals surface area contributed by atoms with Crippen molar-refractivity contribution in [3.8, 4) is 0 Å². The van der Waals surface area contributed by atoms with Crippen molar-refractivity contribution in [1.82, 2.24) is 15.5 Å². The van der Waals surface area contributed by atoms with Gasteiger partial charge in [-0.2, -0.15) is 0 Å². The molecule has 26 heavy (non-hydrogen) atoms. The van der Waals surface area contributed by atoms with E-state index in [4.69, 9.17) is 0 Å². The van der Waals surface area contributed by atoms with E-state index < -0.39 is 6.10 Å². The summed E-state index contributed by atoms with van der Waals surface area (Å²) in [6, 6.07) is 10.3. The molecule has 1 aliphatic rings. The van der Waals surface area contributed by atoms with Crippen LogP contribution in [0.5, 0.6) is 0 Å². The lowest BCUT2D eigenvalue weighted by molar-refractivity contribution is 0.191. The zero-order valence-electron chi connectivity index (χ0n) is 15.4. The van der Waals surface area contributed by atoms with Crippen LogP contribution in [0.1, 0.15) is 24.3 Å². The standard InChI is InChI=1S/C19H28N4OS.HI/c1-3-20-19(21-11-14-8-9-23(2)13-14)22-12-16(24)18-10-15-6-4-5-7-17(15)25-18;/h4-7,10,14,16,24H,3,8-9,11-13H2,1-2H3,(H2,20,21,22);1H. The quantitative estimate of drug-likeness (QED) is 0.333. The van der Waals surface area contributed by atoms with Crippen molar-refractivity contribution in [3.05, 3.63) is 35.2 Å². The number of aliphatic hydroxyl groups is 1. The first kappa shape index (κ1) is 21.4. The number of aliphatic imine (C=N–C) groups is 1. The summed E-state index contributed by atoms with van der Waals surface area (Å²) in [6.07, 6.45) is 0.665. The first-order valence-electron chi connectivity index (χ1n) is 9.03. The van der Waals surface area contributed by atoms with E-state index in [0.717, 1.165) is 30.5 Å². The van der Waals surface area contributed by atoms with E-state index in [2.05, 4.69) is 52.7 Å². The SMILES string of the molecule is CCNC(=NCC(O)c1cc2ccccc2s1)NCC1CCN(C)C1.I. The molecule has 2 unspecified atom stereocenters. The van der Waals surface area contributed by atoms with E-state index in [-0.39, 0.29) is 24.0 Å². The average Bonchev–Trinajstić information content (AvgIpc) is 3.23. The van der Waals surface area contributed by atoms with Crippen LogP contribution in [0.2, 0.25) is 0 Å². The molecule has 1 aromatic heterocycles. The number of fused-ring (bicyclic) bond motifs is 1. The molecule has 144 valence electrons. The van der Waals surface area contributed by atoms with Gasteiger partial charge in [0.25, 0.3) is 0 Å². The van der Waals surface area contributed by atoms with Crippen molar-refractivity contribution in [2.24, 2.45) is 10.9 Å². The van der Waals surface area contributed by atoms with Gasteiger partial charge in [0.2, 0.25) is 0 Å². The Labute approximate surface area is 176 Å². The third-order valence-electron chi connectivity index (χ3n) is 4.59. The predicted molar refractivity (Wildman–Crippen MR) is 122 cm³/mol. The second kappa shape index (κ2) is 10.4. The Hall–Kier alpha value is -0.900. The molecule has 3 rings (SSSR count). The number of halogens is 1. The fraction of sp³-hybridized carbons (Fsp3) is 0.526. The molecule has 2 aromatic rings. The summed E-state index contributed by atoms with van der Waals surface area (Å²) in [5, 5.41) is 18.4. The number of benzene rings is 1. The summed E-state index contributed by atoms with van der Waals surface area (Å²) in [7, 11) is 2.17. The molecule has 0 bridgehead atoms. The maximum absolute atomic E-state index is 10.5. The third kappa shape index (κ3) is 5.80. The van der Waals surface area contributed by atoms with Gasteiger partial charge in [0.05, 0.1) is 6.54 Å². The van der Waals surface area contributed by atoms with Crippen molar-refractivity contribution in [1.29, 1.82) is 0 Å². The molecule has 0 amide bonds. The van der Waals surface area contributed by atoms with Gasteiger partial charge in [-0.25, -0.2) is 0 Å². The van der Waals surface area contributed by atoms with Crippen molar-refractivity contribution >= 4 is 51.4 Å². The van der Waals surface area contributed by atoms with Gasteiger partial charge in [-0.1, -0.05) is 18.2 Å². The van der Waals surface area contributed by atoms with Crippen LogP contribution in [-0.2, 0) is 0 Å². The molecule has 0 saturated carbocycles. The number of likely N-dealkylation sites (tertiary alicyclic amines) is 1. The van der Waals surface area contributed by atoms with Crippen molar-refractivity contribution in [2.75, 3.05) is 39.8 Å². The largest absolute Gasteiger partial charge is 0.386 e. The highest BCUT2D eigenvalue weighted by molar-refractivity contribution is 14.0. The Bertz CT molecular complexity index is 687. The lowest BCUT2D eigenvalue weighted by Crippen LogP contribution is -2.40. The van der Waals surface area contributed by atoms with E-state index in [1.54, 1.807) is 11.3 Å². The minimum atomic E-state index is -0.564. The molecule has 2 atom stereocenters. The number of nitrogens with one attached hydrogen (secondary N) is 2. The number of nitrogens with zero attached hydrogens (tertiary/aromatic N) is 2. The van der Waals surface area contributed by atoms with Gasteiger partial charge in [0.1, 0.15) is 6.10 Å². The van der Waals surface area contributed by atoms with Crippen molar-refractivity contribution in [2.45, 2.75) is 19.4 Å². The van der Waals surface area contributed by atoms with Crippen LogP contribution in [-0.4, -0.2) is 55.7 Å². The highest BCUT2D eigenvalue weighted by atomic mass is 127. The zero-order chi connectivity index (χ0) is 17.6. The van der Waals surface area contributed by atoms with Gasteiger partial charge in [-0.15, -0.1) is 35.3 Å². The highest BCUT2D eigenvalue weighted by Gasteiger charge is 2.19. The molecule has 7 heteroatoms. The predicted octanol–water partition coefficient (Wildman–Crippen LogP) is 3.06. The van der Waals surface area contributed by atoms with E-state index in [0.29, 0.717) is 12.5 Å². The van der Waals surface area contributed by atoms with Crippen LogP contribution in [0.25, 0.3) is 10.1 Å². The molecule has 1 aliphatic heterocycles. The molecule has 0 aliphatic carbocycles. The van der Waals surface area contributed by atoms with E-state index in [1.807, 2.05) is 12.1 Å². The summed E-state index contributed by atoms with van der Waals surface area (Å²) in [5.41, 5.74) is 0. The van der Waals surface area contributed by atoms with E-state index >= 15 is 0 Å². The molecular formula is C19H29IN4OS. The second-order valence-electron chi connectivity index (χ2n) is 6.72. The van der Waals surface area contributed by atoms with Gasteiger partial charge < -0.3 is 20.6 Å². The number of aliphatic hydroxyl groups excluding tert-OH is 1. The topological polar surface area (TPSA) is 59.9 Å². The lowest BCUT2D eigenvalue weighted by atomic mass is 10.1. The molecule has 1 fully saturated rings. The van der Waals surface area contributed by atoms with Crippen LogP contribution >= 0.6 is 35.3 Å². The maximum atomic E-state index is 10.5. The summed E-state index contributed by atoms with van der Waals surface area (Å²) < 4.78 is 1.20. The van der Waals surface area contributed by atoms with Gasteiger partial charge >= 0.3 is 0 Å². The van der Waals surface area contributed by atoms with Crippen LogP contribution in [0.3, 0.4) is 0 Å². The Kier molecular flexibility index (Phi) is 8.59. The summed E-state index contributed by atoms with van der Waals surface area (Å²) in [5.74, 6) is 1.46. The van der Waals surface area contributed by atoms with Gasteiger partial charge in [0.15, 0.2) is 5.96 Å². The average molecular weight is 488 g/mol. The number of rotatable bonds is 6. The highest BCUT2D eigenvalue weighted by Crippen LogP contribution is 2.29. The summed E-state index contributed by atoms with van der Waals surface area (Å²) in [4.78, 5) is 7.91. The molecule has 0 spiro atoms.